The van der Waals surface area contributed by atoms with Gasteiger partial charge in [0.1, 0.15) is 5.82 Å². The summed E-state index contributed by atoms with van der Waals surface area (Å²) in [5.74, 6) is 0.194. The summed E-state index contributed by atoms with van der Waals surface area (Å²) in [6.07, 6.45) is 0.742. The van der Waals surface area contributed by atoms with Crippen molar-refractivity contribution in [2.45, 2.75) is 13.3 Å². The molecule has 0 aliphatic rings. The van der Waals surface area contributed by atoms with Crippen LogP contribution in [0.2, 0.25) is 0 Å². The van der Waals surface area contributed by atoms with Crippen LogP contribution in [0.15, 0.2) is 12.1 Å². The number of nitrogens with two attached hydrogens (primary N) is 1. The third kappa shape index (κ3) is 5.67. The summed E-state index contributed by atoms with van der Waals surface area (Å²) in [7, 11) is 1.62. The molecule has 0 bridgehead atoms. The zero-order valence-corrected chi connectivity index (χ0v) is 11.4. The summed E-state index contributed by atoms with van der Waals surface area (Å²) >= 11 is 0. The Morgan fingerprint density at radius 1 is 1.37 bits per heavy atom. The molecule has 0 spiro atoms. The standard InChI is InChI=1S/C13H21N3O3/c1-3-11-8-10(9-12(14)16-11)13(17)15-4-5-19-7-6-18-2/h8-9H,3-7H2,1-2H3,(H2,14,16)(H,15,17). The van der Waals surface area contributed by atoms with Gasteiger partial charge in [-0.3, -0.25) is 4.79 Å². The van der Waals surface area contributed by atoms with Gasteiger partial charge in [-0.2, -0.15) is 0 Å². The summed E-state index contributed by atoms with van der Waals surface area (Å²) in [5.41, 5.74) is 6.99. The Balaban J connectivity index is 2.39. The van der Waals surface area contributed by atoms with Crippen molar-refractivity contribution in [2.24, 2.45) is 0 Å². The molecular weight excluding hydrogens is 246 g/mol. The molecule has 0 saturated heterocycles. The number of aryl methyl sites for hydroxylation is 1. The number of anilines is 1. The van der Waals surface area contributed by atoms with E-state index >= 15 is 0 Å². The molecule has 0 saturated carbocycles. The van der Waals surface area contributed by atoms with Gasteiger partial charge in [0, 0.05) is 24.9 Å². The van der Waals surface area contributed by atoms with E-state index in [2.05, 4.69) is 10.3 Å². The van der Waals surface area contributed by atoms with Crippen molar-refractivity contribution < 1.29 is 14.3 Å². The first-order valence-corrected chi connectivity index (χ1v) is 6.28. The number of carbonyl (C=O) groups is 1. The van der Waals surface area contributed by atoms with Crippen LogP contribution >= 0.6 is 0 Å². The van der Waals surface area contributed by atoms with Crippen LogP contribution in [0.4, 0.5) is 5.82 Å². The maximum atomic E-state index is 11.9. The quantitative estimate of drug-likeness (QED) is 0.674. The molecule has 6 heteroatoms. The number of ether oxygens (including phenoxy) is 2. The highest BCUT2D eigenvalue weighted by Crippen LogP contribution is 2.08. The Morgan fingerprint density at radius 2 is 2.16 bits per heavy atom. The Bertz CT molecular complexity index is 410. The molecule has 0 aliphatic carbocycles. The minimum atomic E-state index is -0.167. The fraction of sp³-hybridized carbons (Fsp3) is 0.538. The molecular formula is C13H21N3O3. The molecule has 3 N–H and O–H groups in total. The van der Waals surface area contributed by atoms with Crippen molar-refractivity contribution in [3.63, 3.8) is 0 Å². The molecule has 0 unspecified atom stereocenters. The lowest BCUT2D eigenvalue weighted by Crippen LogP contribution is -2.28. The second-order valence-electron chi connectivity index (χ2n) is 3.99. The normalized spacial score (nSPS) is 10.4. The molecule has 1 heterocycles. The van der Waals surface area contributed by atoms with Gasteiger partial charge in [0.2, 0.25) is 0 Å². The molecule has 19 heavy (non-hydrogen) atoms. The van der Waals surface area contributed by atoms with Crippen LogP contribution < -0.4 is 11.1 Å². The topological polar surface area (TPSA) is 86.5 Å². The number of amides is 1. The van der Waals surface area contributed by atoms with Gasteiger partial charge in [-0.15, -0.1) is 0 Å². The molecule has 0 radical (unpaired) electrons. The van der Waals surface area contributed by atoms with E-state index in [0.717, 1.165) is 12.1 Å². The van der Waals surface area contributed by atoms with Crippen molar-refractivity contribution >= 4 is 11.7 Å². The van der Waals surface area contributed by atoms with E-state index in [1.54, 1.807) is 19.2 Å². The van der Waals surface area contributed by atoms with Gasteiger partial charge in [-0.1, -0.05) is 6.92 Å². The van der Waals surface area contributed by atoms with Crippen molar-refractivity contribution in [1.82, 2.24) is 10.3 Å². The summed E-state index contributed by atoms with van der Waals surface area (Å²) < 4.78 is 10.1. The summed E-state index contributed by atoms with van der Waals surface area (Å²) in [4.78, 5) is 16.0. The number of methoxy groups -OCH3 is 1. The molecule has 0 atom stereocenters. The monoisotopic (exact) mass is 267 g/mol. The van der Waals surface area contributed by atoms with Gasteiger partial charge in [-0.05, 0) is 18.6 Å². The number of hydrogen-bond acceptors (Lipinski definition) is 5. The number of nitrogens with zero attached hydrogens (tertiary/aromatic N) is 1. The maximum Gasteiger partial charge on any atom is 0.251 e. The van der Waals surface area contributed by atoms with Gasteiger partial charge in [0.05, 0.1) is 19.8 Å². The van der Waals surface area contributed by atoms with E-state index in [0.29, 0.717) is 37.7 Å². The third-order valence-electron chi connectivity index (χ3n) is 2.49. The Morgan fingerprint density at radius 3 is 2.84 bits per heavy atom. The van der Waals surface area contributed by atoms with Crippen LogP contribution in [-0.4, -0.2) is 44.4 Å². The van der Waals surface area contributed by atoms with Crippen molar-refractivity contribution in [3.8, 4) is 0 Å². The van der Waals surface area contributed by atoms with Gasteiger partial charge >= 0.3 is 0 Å². The highest BCUT2D eigenvalue weighted by atomic mass is 16.5. The smallest absolute Gasteiger partial charge is 0.251 e. The Hall–Kier alpha value is -1.66. The molecule has 106 valence electrons. The fourth-order valence-electron chi connectivity index (χ4n) is 1.51. The SMILES string of the molecule is CCc1cc(C(=O)NCCOCCOC)cc(N)n1. The average Bonchev–Trinajstić information content (AvgIpc) is 2.41. The number of rotatable bonds is 8. The van der Waals surface area contributed by atoms with E-state index in [1.807, 2.05) is 6.92 Å². The van der Waals surface area contributed by atoms with Gasteiger partial charge in [-0.25, -0.2) is 4.98 Å². The number of aromatic nitrogens is 1. The third-order valence-corrected chi connectivity index (χ3v) is 2.49. The number of nitrogen functional groups attached to an aromatic ring is 1. The second-order valence-corrected chi connectivity index (χ2v) is 3.99. The fourth-order valence-corrected chi connectivity index (χ4v) is 1.51. The minimum absolute atomic E-state index is 0.167. The zero-order chi connectivity index (χ0) is 14.1. The average molecular weight is 267 g/mol. The van der Waals surface area contributed by atoms with E-state index in [-0.39, 0.29) is 5.91 Å². The molecule has 0 fully saturated rings. The summed E-state index contributed by atoms with van der Waals surface area (Å²) in [5, 5.41) is 2.77. The van der Waals surface area contributed by atoms with Crippen LogP contribution in [0.5, 0.6) is 0 Å². The highest BCUT2D eigenvalue weighted by Gasteiger charge is 2.07. The van der Waals surface area contributed by atoms with E-state index in [9.17, 15) is 4.79 Å². The second kappa shape index (κ2) is 8.44. The molecule has 1 aromatic rings. The van der Waals surface area contributed by atoms with Crippen LogP contribution in [0.1, 0.15) is 23.0 Å². The molecule has 0 aliphatic heterocycles. The summed E-state index contributed by atoms with van der Waals surface area (Å²) in [6.45, 7) is 3.94. The Labute approximate surface area is 113 Å². The number of carbonyl (C=O) groups excluding carboxylic acids is 1. The lowest BCUT2D eigenvalue weighted by molar-refractivity contribution is 0.0692. The number of hydrogen-bond donors (Lipinski definition) is 2. The first-order chi connectivity index (χ1) is 9.17. The van der Waals surface area contributed by atoms with Gasteiger partial charge < -0.3 is 20.5 Å². The molecule has 1 rings (SSSR count). The first kappa shape index (κ1) is 15.4. The highest BCUT2D eigenvalue weighted by molar-refractivity contribution is 5.94. The van der Waals surface area contributed by atoms with Crippen molar-refractivity contribution in [2.75, 3.05) is 39.2 Å². The largest absolute Gasteiger partial charge is 0.384 e. The number of pyridine rings is 1. The van der Waals surface area contributed by atoms with Crippen LogP contribution in [-0.2, 0) is 15.9 Å². The molecule has 1 amide bonds. The van der Waals surface area contributed by atoms with Crippen molar-refractivity contribution in [3.05, 3.63) is 23.4 Å². The van der Waals surface area contributed by atoms with Gasteiger partial charge in [0.25, 0.3) is 5.91 Å². The van der Waals surface area contributed by atoms with Crippen LogP contribution in [0.3, 0.4) is 0 Å². The molecule has 6 nitrogen and oxygen atoms in total. The predicted molar refractivity (Wildman–Crippen MR) is 73.1 cm³/mol. The van der Waals surface area contributed by atoms with Crippen LogP contribution in [0, 0.1) is 0 Å². The van der Waals surface area contributed by atoms with Crippen LogP contribution in [0.25, 0.3) is 0 Å². The molecule has 0 aromatic carbocycles. The van der Waals surface area contributed by atoms with Crippen molar-refractivity contribution in [1.29, 1.82) is 0 Å². The molecule has 1 aromatic heterocycles. The first-order valence-electron chi connectivity index (χ1n) is 6.28. The lowest BCUT2D eigenvalue weighted by atomic mass is 10.2. The zero-order valence-electron chi connectivity index (χ0n) is 11.4. The summed E-state index contributed by atoms with van der Waals surface area (Å²) in [6, 6.07) is 3.32. The maximum absolute atomic E-state index is 11.9. The van der Waals surface area contributed by atoms with E-state index in [4.69, 9.17) is 15.2 Å². The van der Waals surface area contributed by atoms with E-state index in [1.165, 1.54) is 0 Å². The van der Waals surface area contributed by atoms with Gasteiger partial charge in [0.15, 0.2) is 0 Å². The Kier molecular flexibility index (Phi) is 6.84. The van der Waals surface area contributed by atoms with E-state index < -0.39 is 0 Å². The predicted octanol–water partition coefficient (Wildman–Crippen LogP) is 0.619. The number of nitrogens with one attached hydrogen (secondary N) is 1. The minimum Gasteiger partial charge on any atom is -0.384 e. The lowest BCUT2D eigenvalue weighted by Gasteiger charge is -2.08.